The van der Waals surface area contributed by atoms with E-state index in [1.165, 1.54) is 11.1 Å². The molecule has 3 rings (SSSR count). The zero-order chi connectivity index (χ0) is 20.9. The highest BCUT2D eigenvalue weighted by molar-refractivity contribution is 5.90. The van der Waals surface area contributed by atoms with Gasteiger partial charge in [0.1, 0.15) is 11.9 Å². The zero-order valence-electron chi connectivity index (χ0n) is 18.2. The molecule has 1 saturated heterocycles. The molecule has 2 aromatic rings. The highest BCUT2D eigenvalue weighted by Crippen LogP contribution is 2.23. The number of likely N-dealkylation sites (tertiary alicyclic amines) is 1. The predicted octanol–water partition coefficient (Wildman–Crippen LogP) is 5.03. The Bertz CT molecular complexity index is 783. The largest absolute Gasteiger partial charge is 0.490 e. The topological polar surface area (TPSA) is 41.6 Å². The number of aryl methyl sites for hydroxylation is 1. The minimum Gasteiger partial charge on any atom is -0.490 e. The van der Waals surface area contributed by atoms with Crippen molar-refractivity contribution in [3.05, 3.63) is 59.7 Å². The lowest BCUT2D eigenvalue weighted by Crippen LogP contribution is -2.35. The summed E-state index contributed by atoms with van der Waals surface area (Å²) < 4.78 is 6.06. The molecular weight excluding hydrogens is 360 g/mol. The third-order valence-corrected chi connectivity index (χ3v) is 5.57. The first kappa shape index (κ1) is 21.4. The van der Waals surface area contributed by atoms with E-state index >= 15 is 0 Å². The first-order valence-corrected chi connectivity index (χ1v) is 10.6. The molecule has 1 fully saturated rings. The van der Waals surface area contributed by atoms with Crippen molar-refractivity contribution < 1.29 is 9.53 Å². The molecular formula is C25H34N2O2. The van der Waals surface area contributed by atoms with Gasteiger partial charge in [-0.2, -0.15) is 0 Å². The van der Waals surface area contributed by atoms with Gasteiger partial charge in [-0.3, -0.25) is 4.79 Å². The summed E-state index contributed by atoms with van der Waals surface area (Å²) in [4.78, 5) is 14.6. The van der Waals surface area contributed by atoms with E-state index in [9.17, 15) is 4.79 Å². The van der Waals surface area contributed by atoms with Gasteiger partial charge in [-0.15, -0.1) is 0 Å². The summed E-state index contributed by atoms with van der Waals surface area (Å²) in [5.41, 5.74) is 3.47. The smallest absolute Gasteiger partial charge is 0.224 e. The highest BCUT2D eigenvalue weighted by Gasteiger charge is 2.18. The Hall–Kier alpha value is -2.33. The number of ether oxygens (including phenoxy) is 1. The van der Waals surface area contributed by atoms with Crippen LogP contribution in [-0.2, 0) is 16.6 Å². The van der Waals surface area contributed by atoms with Gasteiger partial charge in [0, 0.05) is 25.2 Å². The van der Waals surface area contributed by atoms with Crippen molar-refractivity contribution in [1.29, 1.82) is 0 Å². The standard InChI is InChI=1S/C25H34N2O2/c1-25(2,3)20-8-5-19(6-9-20)7-14-24(28)26-21-10-12-22(13-11-21)29-23-15-17-27(4)18-16-23/h5-6,8-13,23H,7,14-18H2,1-4H3,(H,26,28). The van der Waals surface area contributed by atoms with Crippen LogP contribution in [0.4, 0.5) is 5.69 Å². The van der Waals surface area contributed by atoms with E-state index in [0.717, 1.165) is 43.8 Å². The van der Waals surface area contributed by atoms with Crippen molar-refractivity contribution in [3.63, 3.8) is 0 Å². The summed E-state index contributed by atoms with van der Waals surface area (Å²) in [5, 5.41) is 2.98. The summed E-state index contributed by atoms with van der Waals surface area (Å²) in [5.74, 6) is 0.908. The molecule has 1 N–H and O–H groups in total. The molecule has 4 heteroatoms. The molecule has 0 spiro atoms. The van der Waals surface area contributed by atoms with Gasteiger partial charge in [-0.1, -0.05) is 45.0 Å². The van der Waals surface area contributed by atoms with Crippen molar-refractivity contribution in [1.82, 2.24) is 4.90 Å². The van der Waals surface area contributed by atoms with Gasteiger partial charge >= 0.3 is 0 Å². The van der Waals surface area contributed by atoms with Gasteiger partial charge in [0.05, 0.1) is 0 Å². The van der Waals surface area contributed by atoms with Crippen molar-refractivity contribution in [3.8, 4) is 5.75 Å². The van der Waals surface area contributed by atoms with Crippen LogP contribution in [0.2, 0.25) is 0 Å². The first-order valence-electron chi connectivity index (χ1n) is 10.6. The van der Waals surface area contributed by atoms with E-state index in [0.29, 0.717) is 6.42 Å². The molecule has 29 heavy (non-hydrogen) atoms. The Labute approximate surface area is 175 Å². The Balaban J connectivity index is 1.44. The van der Waals surface area contributed by atoms with E-state index in [2.05, 4.69) is 62.3 Å². The van der Waals surface area contributed by atoms with E-state index in [1.54, 1.807) is 0 Å². The molecule has 0 unspecified atom stereocenters. The molecule has 0 saturated carbocycles. The van der Waals surface area contributed by atoms with Crippen molar-refractivity contribution in [2.75, 3.05) is 25.5 Å². The molecule has 0 bridgehead atoms. The number of carbonyl (C=O) groups is 1. The molecule has 1 heterocycles. The third kappa shape index (κ3) is 6.60. The minimum absolute atomic E-state index is 0.0360. The predicted molar refractivity (Wildman–Crippen MR) is 120 cm³/mol. The summed E-state index contributed by atoms with van der Waals surface area (Å²) in [6.45, 7) is 8.79. The molecule has 1 amide bonds. The van der Waals surface area contributed by atoms with Crippen LogP contribution in [0.1, 0.15) is 51.2 Å². The third-order valence-electron chi connectivity index (χ3n) is 5.57. The molecule has 0 atom stereocenters. The quantitative estimate of drug-likeness (QED) is 0.747. The molecule has 0 aliphatic carbocycles. The molecule has 156 valence electrons. The number of hydrogen-bond donors (Lipinski definition) is 1. The number of nitrogens with zero attached hydrogens (tertiary/aromatic N) is 1. The second-order valence-electron chi connectivity index (χ2n) is 9.14. The van der Waals surface area contributed by atoms with Crippen molar-refractivity contribution >= 4 is 11.6 Å². The zero-order valence-corrected chi connectivity index (χ0v) is 18.2. The average Bonchev–Trinajstić information content (AvgIpc) is 2.69. The molecule has 0 aromatic heterocycles. The number of anilines is 1. The van der Waals surface area contributed by atoms with Crippen LogP contribution >= 0.6 is 0 Å². The number of piperidine rings is 1. The SMILES string of the molecule is CN1CCC(Oc2ccc(NC(=O)CCc3ccc(C(C)(C)C)cc3)cc2)CC1. The Morgan fingerprint density at radius 3 is 2.24 bits per heavy atom. The summed E-state index contributed by atoms with van der Waals surface area (Å²) in [6, 6.07) is 16.3. The average molecular weight is 395 g/mol. The van der Waals surface area contributed by atoms with Gasteiger partial charge in [-0.25, -0.2) is 0 Å². The lowest BCUT2D eigenvalue weighted by Gasteiger charge is -2.29. The number of rotatable bonds is 6. The van der Waals surface area contributed by atoms with Gasteiger partial charge in [-0.05, 0) is 67.1 Å². The lowest BCUT2D eigenvalue weighted by atomic mass is 9.86. The van der Waals surface area contributed by atoms with E-state index in [4.69, 9.17) is 4.74 Å². The fourth-order valence-corrected chi connectivity index (χ4v) is 3.56. The van der Waals surface area contributed by atoms with Crippen molar-refractivity contribution in [2.45, 2.75) is 58.0 Å². The van der Waals surface area contributed by atoms with E-state index < -0.39 is 0 Å². The number of nitrogens with one attached hydrogen (secondary N) is 1. The normalized spacial score (nSPS) is 15.9. The minimum atomic E-state index is 0.0360. The van der Waals surface area contributed by atoms with Gasteiger partial charge in [0.2, 0.25) is 5.91 Å². The summed E-state index contributed by atoms with van der Waals surface area (Å²) >= 11 is 0. The Morgan fingerprint density at radius 1 is 1.03 bits per heavy atom. The fourth-order valence-electron chi connectivity index (χ4n) is 3.56. The van der Waals surface area contributed by atoms with Crippen LogP contribution in [0.15, 0.2) is 48.5 Å². The maximum atomic E-state index is 12.3. The fraction of sp³-hybridized carbons (Fsp3) is 0.480. The number of carbonyl (C=O) groups excluding carboxylic acids is 1. The molecule has 1 aliphatic heterocycles. The summed E-state index contributed by atoms with van der Waals surface area (Å²) in [6.07, 6.45) is 3.63. The number of benzene rings is 2. The number of amides is 1. The van der Waals surface area contributed by atoms with E-state index in [1.807, 2.05) is 24.3 Å². The van der Waals surface area contributed by atoms with Crippen LogP contribution in [0.3, 0.4) is 0 Å². The Kier molecular flexibility index (Phi) is 6.96. The monoisotopic (exact) mass is 394 g/mol. The molecule has 4 nitrogen and oxygen atoms in total. The van der Waals surface area contributed by atoms with E-state index in [-0.39, 0.29) is 17.4 Å². The second kappa shape index (κ2) is 9.45. The second-order valence-corrected chi connectivity index (χ2v) is 9.14. The summed E-state index contributed by atoms with van der Waals surface area (Å²) in [7, 11) is 2.15. The molecule has 1 aliphatic rings. The Morgan fingerprint density at radius 2 is 1.66 bits per heavy atom. The van der Waals surface area contributed by atoms with Crippen LogP contribution < -0.4 is 10.1 Å². The molecule has 0 radical (unpaired) electrons. The van der Waals surface area contributed by atoms with Crippen LogP contribution in [-0.4, -0.2) is 37.0 Å². The van der Waals surface area contributed by atoms with Crippen molar-refractivity contribution in [2.24, 2.45) is 0 Å². The van der Waals surface area contributed by atoms with Gasteiger partial charge < -0.3 is 15.0 Å². The molecule has 2 aromatic carbocycles. The number of hydrogen-bond acceptors (Lipinski definition) is 3. The van der Waals surface area contributed by atoms with Crippen LogP contribution in [0, 0.1) is 0 Å². The van der Waals surface area contributed by atoms with Gasteiger partial charge in [0.25, 0.3) is 0 Å². The van der Waals surface area contributed by atoms with Crippen LogP contribution in [0.5, 0.6) is 5.75 Å². The van der Waals surface area contributed by atoms with Crippen LogP contribution in [0.25, 0.3) is 0 Å². The highest BCUT2D eigenvalue weighted by atomic mass is 16.5. The maximum Gasteiger partial charge on any atom is 0.224 e. The lowest BCUT2D eigenvalue weighted by molar-refractivity contribution is -0.116. The maximum absolute atomic E-state index is 12.3. The first-order chi connectivity index (χ1) is 13.8. The van der Waals surface area contributed by atoms with Gasteiger partial charge in [0.15, 0.2) is 0 Å².